The third kappa shape index (κ3) is 6.40. The number of carbonyl (C=O) groups is 2. The van der Waals surface area contributed by atoms with Gasteiger partial charge in [-0.1, -0.05) is 24.3 Å². The molecule has 36 heavy (non-hydrogen) atoms. The van der Waals surface area contributed by atoms with Gasteiger partial charge in [0.25, 0.3) is 5.91 Å². The van der Waals surface area contributed by atoms with Gasteiger partial charge in [0.05, 0.1) is 31.4 Å². The molecule has 1 N–H and O–H groups in total. The number of rotatable bonds is 8. The lowest BCUT2D eigenvalue weighted by molar-refractivity contribution is -0.116. The number of nitrogens with zero attached hydrogens (tertiary/aromatic N) is 3. The van der Waals surface area contributed by atoms with Gasteiger partial charge in [-0.15, -0.1) is 0 Å². The molecule has 1 heterocycles. The number of nitriles is 1. The van der Waals surface area contributed by atoms with Crippen molar-refractivity contribution in [1.82, 2.24) is 4.90 Å². The Labute approximate surface area is 210 Å². The fourth-order valence-corrected chi connectivity index (χ4v) is 3.92. The first-order chi connectivity index (χ1) is 17.5. The first kappa shape index (κ1) is 24.8. The van der Waals surface area contributed by atoms with E-state index >= 15 is 0 Å². The molecule has 1 aliphatic heterocycles. The van der Waals surface area contributed by atoms with Gasteiger partial charge >= 0.3 is 0 Å². The van der Waals surface area contributed by atoms with E-state index in [1.807, 2.05) is 36.4 Å². The molecule has 2 amide bonds. The Bertz CT molecular complexity index is 1250. The molecule has 0 saturated carbocycles. The minimum Gasteiger partial charge on any atom is -0.489 e. The van der Waals surface area contributed by atoms with Crippen LogP contribution in [-0.2, 0) is 16.1 Å². The summed E-state index contributed by atoms with van der Waals surface area (Å²) in [6, 6.07) is 23.8. The molecule has 0 radical (unpaired) electrons. The molecule has 1 aliphatic rings. The highest BCUT2D eigenvalue weighted by Gasteiger charge is 2.16. The number of hydrogen-bond acceptors (Lipinski definition) is 6. The Morgan fingerprint density at radius 2 is 1.81 bits per heavy atom. The van der Waals surface area contributed by atoms with Gasteiger partial charge in [0.15, 0.2) is 0 Å². The van der Waals surface area contributed by atoms with Gasteiger partial charge in [-0.05, 0) is 48.5 Å². The summed E-state index contributed by atoms with van der Waals surface area (Å²) in [6.45, 7) is 3.23. The number of ether oxygens (including phenoxy) is 2. The van der Waals surface area contributed by atoms with E-state index in [4.69, 9.17) is 9.47 Å². The SMILES string of the molecule is CN(CC(=O)Nc1ccc(N2CCOCC2)cc1)C(=O)c1cccc(OCc2ccccc2C#N)c1. The molecule has 0 spiro atoms. The second-order valence-electron chi connectivity index (χ2n) is 8.44. The number of morpholine rings is 1. The minimum absolute atomic E-state index is 0.0926. The first-order valence-electron chi connectivity index (χ1n) is 11.7. The van der Waals surface area contributed by atoms with Gasteiger partial charge in [0.1, 0.15) is 12.4 Å². The molecule has 3 aromatic carbocycles. The van der Waals surface area contributed by atoms with E-state index in [-0.39, 0.29) is 25.0 Å². The van der Waals surface area contributed by atoms with Crippen LogP contribution in [0.2, 0.25) is 0 Å². The van der Waals surface area contributed by atoms with Crippen LogP contribution in [0.1, 0.15) is 21.5 Å². The lowest BCUT2D eigenvalue weighted by Gasteiger charge is -2.28. The van der Waals surface area contributed by atoms with E-state index in [9.17, 15) is 14.9 Å². The zero-order chi connectivity index (χ0) is 25.3. The molecule has 1 saturated heterocycles. The molecule has 4 rings (SSSR count). The zero-order valence-corrected chi connectivity index (χ0v) is 20.1. The second-order valence-corrected chi connectivity index (χ2v) is 8.44. The average molecular weight is 485 g/mol. The van der Waals surface area contributed by atoms with Gasteiger partial charge in [0.2, 0.25) is 5.91 Å². The largest absolute Gasteiger partial charge is 0.489 e. The summed E-state index contributed by atoms with van der Waals surface area (Å²) >= 11 is 0. The first-order valence-corrected chi connectivity index (χ1v) is 11.7. The summed E-state index contributed by atoms with van der Waals surface area (Å²) in [4.78, 5) is 29.1. The van der Waals surface area contributed by atoms with E-state index in [1.165, 1.54) is 4.90 Å². The zero-order valence-electron chi connectivity index (χ0n) is 20.1. The van der Waals surface area contributed by atoms with Crippen molar-refractivity contribution in [3.63, 3.8) is 0 Å². The average Bonchev–Trinajstić information content (AvgIpc) is 2.92. The van der Waals surface area contributed by atoms with Crippen molar-refractivity contribution in [2.24, 2.45) is 0 Å². The van der Waals surface area contributed by atoms with Crippen molar-refractivity contribution >= 4 is 23.2 Å². The maximum absolute atomic E-state index is 12.9. The Morgan fingerprint density at radius 1 is 1.06 bits per heavy atom. The van der Waals surface area contributed by atoms with Crippen LogP contribution in [0.3, 0.4) is 0 Å². The molecule has 3 aromatic rings. The highest BCUT2D eigenvalue weighted by Crippen LogP contribution is 2.20. The Balaban J connectivity index is 1.31. The quantitative estimate of drug-likeness (QED) is 0.524. The summed E-state index contributed by atoms with van der Waals surface area (Å²) in [5.41, 5.74) is 3.48. The molecule has 0 aromatic heterocycles. The fraction of sp³-hybridized carbons (Fsp3) is 0.250. The van der Waals surface area contributed by atoms with Crippen LogP contribution >= 0.6 is 0 Å². The van der Waals surface area contributed by atoms with Crippen molar-refractivity contribution in [3.8, 4) is 11.8 Å². The van der Waals surface area contributed by atoms with Gasteiger partial charge < -0.3 is 24.6 Å². The van der Waals surface area contributed by atoms with Crippen LogP contribution < -0.4 is 15.0 Å². The van der Waals surface area contributed by atoms with Gasteiger partial charge in [0, 0.05) is 42.6 Å². The second kappa shape index (κ2) is 11.9. The van der Waals surface area contributed by atoms with Crippen LogP contribution in [-0.4, -0.2) is 56.6 Å². The van der Waals surface area contributed by atoms with Crippen LogP contribution in [0.5, 0.6) is 5.75 Å². The predicted molar refractivity (Wildman–Crippen MR) is 137 cm³/mol. The third-order valence-electron chi connectivity index (χ3n) is 5.87. The van der Waals surface area contributed by atoms with E-state index in [0.29, 0.717) is 35.8 Å². The van der Waals surface area contributed by atoms with Crippen molar-refractivity contribution in [2.45, 2.75) is 6.61 Å². The Hall–Kier alpha value is -4.35. The van der Waals surface area contributed by atoms with Crippen LogP contribution in [0.15, 0.2) is 72.8 Å². The van der Waals surface area contributed by atoms with Crippen molar-refractivity contribution in [3.05, 3.63) is 89.5 Å². The summed E-state index contributed by atoms with van der Waals surface area (Å²) in [5, 5.41) is 12.1. The van der Waals surface area contributed by atoms with Crippen molar-refractivity contribution in [1.29, 1.82) is 5.26 Å². The molecule has 184 valence electrons. The van der Waals surface area contributed by atoms with E-state index in [1.54, 1.807) is 43.4 Å². The summed E-state index contributed by atoms with van der Waals surface area (Å²) in [5.74, 6) is -0.0759. The van der Waals surface area contributed by atoms with E-state index in [2.05, 4.69) is 16.3 Å². The molecular formula is C28H28N4O4. The number of likely N-dealkylation sites (N-methyl/N-ethyl adjacent to an activating group) is 1. The summed E-state index contributed by atoms with van der Waals surface area (Å²) < 4.78 is 11.2. The monoisotopic (exact) mass is 484 g/mol. The topological polar surface area (TPSA) is 94.9 Å². The normalized spacial score (nSPS) is 12.9. The molecule has 8 nitrogen and oxygen atoms in total. The van der Waals surface area contributed by atoms with Crippen molar-refractivity contribution in [2.75, 3.05) is 50.1 Å². The Morgan fingerprint density at radius 3 is 2.56 bits per heavy atom. The lowest BCUT2D eigenvalue weighted by Crippen LogP contribution is -2.36. The maximum atomic E-state index is 12.9. The number of carbonyl (C=O) groups excluding carboxylic acids is 2. The third-order valence-corrected chi connectivity index (χ3v) is 5.87. The minimum atomic E-state index is -0.296. The van der Waals surface area contributed by atoms with E-state index < -0.39 is 0 Å². The number of amides is 2. The molecule has 0 bridgehead atoms. The molecule has 1 fully saturated rings. The number of anilines is 2. The van der Waals surface area contributed by atoms with Crippen molar-refractivity contribution < 1.29 is 19.1 Å². The number of nitrogens with one attached hydrogen (secondary N) is 1. The highest BCUT2D eigenvalue weighted by molar-refractivity contribution is 5.99. The molecule has 0 atom stereocenters. The molecule has 0 aliphatic carbocycles. The maximum Gasteiger partial charge on any atom is 0.254 e. The Kier molecular flexibility index (Phi) is 8.16. The standard InChI is InChI=1S/C28H28N4O4/c1-31(19-27(33)30-24-9-11-25(12-10-24)32-13-15-35-16-14-32)28(34)21-7-4-8-26(17-21)36-20-23-6-3-2-5-22(23)18-29/h2-12,17H,13-16,19-20H2,1H3,(H,30,33). The van der Waals surface area contributed by atoms with E-state index in [0.717, 1.165) is 24.3 Å². The number of benzene rings is 3. The van der Waals surface area contributed by atoms with Gasteiger partial charge in [-0.2, -0.15) is 5.26 Å². The molecular weight excluding hydrogens is 456 g/mol. The highest BCUT2D eigenvalue weighted by atomic mass is 16.5. The van der Waals surface area contributed by atoms with Crippen LogP contribution in [0.4, 0.5) is 11.4 Å². The van der Waals surface area contributed by atoms with Gasteiger partial charge in [-0.3, -0.25) is 9.59 Å². The molecule has 8 heteroatoms. The smallest absolute Gasteiger partial charge is 0.254 e. The summed E-state index contributed by atoms with van der Waals surface area (Å²) in [7, 11) is 1.58. The predicted octanol–water partition coefficient (Wildman–Crippen LogP) is 3.68. The van der Waals surface area contributed by atoms with Crippen LogP contribution in [0, 0.1) is 11.3 Å². The number of hydrogen-bond donors (Lipinski definition) is 1. The summed E-state index contributed by atoms with van der Waals surface area (Å²) in [6.07, 6.45) is 0. The fourth-order valence-electron chi connectivity index (χ4n) is 3.92. The molecule has 0 unspecified atom stereocenters. The lowest BCUT2D eigenvalue weighted by atomic mass is 10.1. The van der Waals surface area contributed by atoms with Gasteiger partial charge in [-0.25, -0.2) is 0 Å². The van der Waals surface area contributed by atoms with Crippen LogP contribution in [0.25, 0.3) is 0 Å².